The van der Waals surface area contributed by atoms with Gasteiger partial charge in [-0.15, -0.1) is 0 Å². The van der Waals surface area contributed by atoms with Crippen LogP contribution in [0.15, 0.2) is 243 Å². The zero-order chi connectivity index (χ0) is 49.7. The maximum Gasteiger partial charge on any atom is 0.148 e. The average molecular weight is 969 g/mol. The number of anilines is 5. The molecule has 5 heteroatoms. The van der Waals surface area contributed by atoms with Crippen LogP contribution in [0.5, 0.6) is 17.2 Å². The number of benzene rings is 9. The van der Waals surface area contributed by atoms with Gasteiger partial charge in [0, 0.05) is 78.9 Å². The zero-order valence-electron chi connectivity index (χ0n) is 41.7. The van der Waals surface area contributed by atoms with Crippen molar-refractivity contribution in [3.05, 3.63) is 293 Å². The number of fused-ring (bicyclic) bond motifs is 13. The van der Waals surface area contributed by atoms with Crippen LogP contribution < -0.4 is 24.0 Å². The summed E-state index contributed by atoms with van der Waals surface area (Å²) < 4.78 is 22.0. The molecule has 0 saturated carbocycles. The summed E-state index contributed by atoms with van der Waals surface area (Å²) in [6.45, 7) is 4.30. The summed E-state index contributed by atoms with van der Waals surface area (Å²) in [5.41, 5.74) is 19.2. The van der Waals surface area contributed by atoms with Crippen LogP contribution in [0.3, 0.4) is 0 Å². The second-order valence-corrected chi connectivity index (χ2v) is 20.7. The van der Waals surface area contributed by atoms with Gasteiger partial charge in [-0.05, 0) is 73.5 Å². The smallest absolute Gasteiger partial charge is 0.148 e. The topological polar surface area (TPSA) is 34.2 Å². The van der Waals surface area contributed by atoms with Crippen LogP contribution in [-0.2, 0) is 0 Å². The summed E-state index contributed by atoms with van der Waals surface area (Å²) >= 11 is 0. The Kier molecular flexibility index (Phi) is 10.0. The summed E-state index contributed by atoms with van der Waals surface area (Å²) in [4.78, 5) is 4.87. The van der Waals surface area contributed by atoms with E-state index >= 15 is 0 Å². The quantitative estimate of drug-likeness (QED) is 0.152. The number of hydrogen-bond acceptors (Lipinski definition) is 5. The number of nitrogens with zero attached hydrogens (tertiary/aromatic N) is 2. The molecule has 0 N–H and O–H groups in total. The molecule has 6 unspecified atom stereocenters. The molecule has 75 heavy (non-hydrogen) atoms. The molecule has 360 valence electrons. The predicted octanol–water partition coefficient (Wildman–Crippen LogP) is 17.3. The van der Waals surface area contributed by atoms with Gasteiger partial charge < -0.3 is 24.0 Å². The first-order valence-electron chi connectivity index (χ1n) is 26.3. The lowest BCUT2D eigenvalue weighted by Crippen LogP contribution is -2.24. The third-order valence-electron chi connectivity index (χ3n) is 16.3. The number of ether oxygens (including phenoxy) is 3. The fourth-order valence-electron chi connectivity index (χ4n) is 12.7. The minimum absolute atomic E-state index is 0.0763. The summed E-state index contributed by atoms with van der Waals surface area (Å²) in [5.74, 6) is 2.75. The largest absolute Gasteiger partial charge is 0.484 e. The lowest BCUT2D eigenvalue weighted by Gasteiger charge is -2.35. The first kappa shape index (κ1) is 43.5. The zero-order valence-corrected chi connectivity index (χ0v) is 41.7. The van der Waals surface area contributed by atoms with Crippen LogP contribution in [0, 0.1) is 13.8 Å². The Morgan fingerprint density at radius 3 is 1.47 bits per heavy atom. The highest BCUT2D eigenvalue weighted by Gasteiger charge is 2.45. The summed E-state index contributed by atoms with van der Waals surface area (Å²) in [7, 11) is 0. The van der Waals surface area contributed by atoms with Gasteiger partial charge in [-0.25, -0.2) is 0 Å². The van der Waals surface area contributed by atoms with Gasteiger partial charge in [-0.2, -0.15) is 0 Å². The number of para-hydroxylation sites is 2. The van der Waals surface area contributed by atoms with E-state index in [-0.39, 0.29) is 36.1 Å². The van der Waals surface area contributed by atoms with E-state index in [1.54, 1.807) is 0 Å². The van der Waals surface area contributed by atoms with Crippen molar-refractivity contribution in [3.63, 3.8) is 0 Å². The molecule has 0 radical (unpaired) electrons. The van der Waals surface area contributed by atoms with Crippen LogP contribution in [0.2, 0.25) is 0 Å². The van der Waals surface area contributed by atoms with E-state index in [0.29, 0.717) is 0 Å². The van der Waals surface area contributed by atoms with Crippen LogP contribution in [-0.4, -0.2) is 12.2 Å². The maximum atomic E-state index is 7.39. The molecular weight excluding hydrogens is 917 g/mol. The summed E-state index contributed by atoms with van der Waals surface area (Å²) in [6, 6.07) is 72.5. The van der Waals surface area contributed by atoms with Gasteiger partial charge in [0.05, 0.1) is 22.8 Å². The number of allylic oxidation sites excluding steroid dienone is 4. The van der Waals surface area contributed by atoms with E-state index in [1.807, 2.05) is 0 Å². The van der Waals surface area contributed by atoms with E-state index in [9.17, 15) is 0 Å². The Morgan fingerprint density at radius 1 is 0.373 bits per heavy atom. The molecule has 5 nitrogen and oxygen atoms in total. The third kappa shape index (κ3) is 6.91. The van der Waals surface area contributed by atoms with Crippen LogP contribution in [0.1, 0.15) is 73.9 Å². The van der Waals surface area contributed by atoms with E-state index < -0.39 is 0 Å². The van der Waals surface area contributed by atoms with E-state index in [1.165, 1.54) is 44.5 Å². The monoisotopic (exact) mass is 968 g/mol. The fraction of sp³-hybridized carbons (Fsp3) is 0.114. The highest BCUT2D eigenvalue weighted by atomic mass is 16.5. The Balaban J connectivity index is 0.908. The first-order chi connectivity index (χ1) is 37.0. The molecular formula is C70H52N2O3. The molecule has 15 rings (SSSR count). The lowest BCUT2D eigenvalue weighted by molar-refractivity contribution is 0.225. The van der Waals surface area contributed by atoms with Crippen LogP contribution in [0.25, 0.3) is 27.6 Å². The molecule has 9 aromatic rings. The summed E-state index contributed by atoms with van der Waals surface area (Å²) in [5, 5.41) is 2.18. The van der Waals surface area contributed by atoms with Crippen molar-refractivity contribution in [2.75, 3.05) is 9.80 Å². The van der Waals surface area contributed by atoms with Crippen LogP contribution >= 0.6 is 0 Å². The highest BCUT2D eigenvalue weighted by molar-refractivity contribution is 6.05. The van der Waals surface area contributed by atoms with E-state index in [0.717, 1.165) is 78.8 Å². The van der Waals surface area contributed by atoms with Gasteiger partial charge in [0.15, 0.2) is 0 Å². The van der Waals surface area contributed by atoms with Crippen molar-refractivity contribution in [2.45, 2.75) is 49.9 Å². The van der Waals surface area contributed by atoms with Gasteiger partial charge >= 0.3 is 0 Å². The van der Waals surface area contributed by atoms with E-state index in [2.05, 4.69) is 266 Å². The van der Waals surface area contributed by atoms with Crippen molar-refractivity contribution < 1.29 is 14.2 Å². The molecule has 0 aromatic heterocycles. The minimum atomic E-state index is -0.252. The maximum absolute atomic E-state index is 7.39. The minimum Gasteiger partial charge on any atom is -0.484 e. The average Bonchev–Trinajstić information content (AvgIpc) is 4.18. The van der Waals surface area contributed by atoms with Gasteiger partial charge in [-0.1, -0.05) is 205 Å². The van der Waals surface area contributed by atoms with Crippen molar-refractivity contribution in [1.82, 2.24) is 0 Å². The first-order valence-corrected chi connectivity index (χ1v) is 26.3. The Morgan fingerprint density at radius 2 is 0.867 bits per heavy atom. The van der Waals surface area contributed by atoms with Crippen LogP contribution in [0.4, 0.5) is 28.4 Å². The molecule has 0 bridgehead atoms. The SMILES string of the molecule is Cc1ccc(N(C2=CC3c4cc(N(c5ccc(C)cc5)c5cccc6c5OC5C(c7ccccc7)=CC=CC65)c5ccccc5c4OC3c3ccccc32)c2cccc3c2OC2C(c4ccccc4)=CC=CC32)cc1. The van der Waals surface area contributed by atoms with Gasteiger partial charge in [0.25, 0.3) is 0 Å². The number of hydrogen-bond donors (Lipinski definition) is 0. The molecule has 0 fully saturated rings. The molecule has 0 spiro atoms. The van der Waals surface area contributed by atoms with Crippen molar-refractivity contribution >= 4 is 56.1 Å². The molecule has 3 heterocycles. The van der Waals surface area contributed by atoms with E-state index in [4.69, 9.17) is 14.2 Å². The fourth-order valence-corrected chi connectivity index (χ4v) is 12.7. The molecule has 3 aliphatic carbocycles. The third-order valence-corrected chi connectivity index (χ3v) is 16.3. The number of aryl methyl sites for hydroxylation is 2. The molecule has 6 atom stereocenters. The normalized spacial score (nSPS) is 20.9. The Bertz CT molecular complexity index is 3920. The lowest BCUT2D eigenvalue weighted by atomic mass is 9.81. The summed E-state index contributed by atoms with van der Waals surface area (Å²) in [6.07, 6.45) is 15.4. The second kappa shape index (κ2) is 17.3. The van der Waals surface area contributed by atoms with Crippen molar-refractivity contribution in [2.24, 2.45) is 0 Å². The number of rotatable bonds is 8. The Labute approximate surface area is 437 Å². The predicted molar refractivity (Wildman–Crippen MR) is 305 cm³/mol. The molecule has 6 aliphatic rings. The van der Waals surface area contributed by atoms with Crippen molar-refractivity contribution in [3.8, 4) is 17.2 Å². The highest BCUT2D eigenvalue weighted by Crippen LogP contribution is 2.60. The Hall–Kier alpha value is -9.06. The molecule has 9 aromatic carbocycles. The van der Waals surface area contributed by atoms with Gasteiger partial charge in [0.2, 0.25) is 0 Å². The standard InChI is InChI=1S/C70H52N2O3/c1-43-33-37-47(38-34-43)71(61-31-15-29-57-55-27-13-25-49(65(55)74-69(57)61)45-17-5-3-6-18-45)63-41-59-60-42-64(52-22-10-12-24-54(52)68(60)73-67(59)53-23-11-9-21-51(53)63)72(48-39-35-44(2)36-40-48)62-32-16-30-58-56-28-14-26-50(66(56)75-70(58)62)46-19-7-4-8-20-46/h3-42,55-56,59,65-67H,1-2H3. The second-order valence-electron chi connectivity index (χ2n) is 20.7. The van der Waals surface area contributed by atoms with Crippen molar-refractivity contribution in [1.29, 1.82) is 0 Å². The molecule has 0 amide bonds. The van der Waals surface area contributed by atoms with Gasteiger partial charge in [0.1, 0.15) is 35.6 Å². The van der Waals surface area contributed by atoms with Gasteiger partial charge in [-0.3, -0.25) is 0 Å². The molecule has 3 aliphatic heterocycles. The molecule has 0 saturated heterocycles.